The molecule has 1 aliphatic heterocycles. The zero-order valence-electron chi connectivity index (χ0n) is 14.5. The van der Waals surface area contributed by atoms with Crippen LogP contribution in [0, 0.1) is 19.8 Å². The second kappa shape index (κ2) is 7.06. The molecule has 0 saturated carbocycles. The number of aromatic hydroxyl groups is 1. The highest BCUT2D eigenvalue weighted by atomic mass is 35.5. The van der Waals surface area contributed by atoms with Gasteiger partial charge in [0.25, 0.3) is 5.91 Å². The van der Waals surface area contributed by atoms with Crippen molar-refractivity contribution in [1.29, 1.82) is 0 Å². The van der Waals surface area contributed by atoms with Gasteiger partial charge in [0.1, 0.15) is 5.75 Å². The summed E-state index contributed by atoms with van der Waals surface area (Å²) in [6.07, 6.45) is 0.792. The minimum Gasteiger partial charge on any atom is -0.508 e. The Bertz CT molecular complexity index is 803. The van der Waals surface area contributed by atoms with Gasteiger partial charge in [0.15, 0.2) is 0 Å². The average molecular weight is 364 g/mol. The van der Waals surface area contributed by atoms with Gasteiger partial charge in [-0.1, -0.05) is 11.6 Å². The molecule has 6 nitrogen and oxygen atoms in total. The molecule has 2 N–H and O–H groups in total. The molecule has 0 bridgehead atoms. The van der Waals surface area contributed by atoms with E-state index in [0.717, 1.165) is 23.4 Å². The third kappa shape index (κ3) is 3.50. The molecule has 1 fully saturated rings. The Morgan fingerprint density at radius 1 is 1.48 bits per heavy atom. The molecule has 3 rings (SSSR count). The van der Waals surface area contributed by atoms with Crippen molar-refractivity contribution in [3.05, 3.63) is 45.7 Å². The molecule has 2 aromatic rings. The minimum absolute atomic E-state index is 0.0123. The molecule has 1 amide bonds. The maximum atomic E-state index is 12.4. The van der Waals surface area contributed by atoms with E-state index in [2.05, 4.69) is 10.4 Å². The van der Waals surface area contributed by atoms with Gasteiger partial charge in [0.2, 0.25) is 0 Å². The molecule has 7 heteroatoms. The molecular weight excluding hydrogens is 342 g/mol. The highest BCUT2D eigenvalue weighted by molar-refractivity contribution is 6.33. The SMILES string of the molecule is Cc1nn(C)c(C)c1[C@@H]1OCC[C@H]1CNC(=O)c1cc(O)ccc1Cl. The lowest BCUT2D eigenvalue weighted by Crippen LogP contribution is -2.31. The first-order chi connectivity index (χ1) is 11.9. The number of nitrogens with one attached hydrogen (secondary N) is 1. The van der Waals surface area contributed by atoms with Crippen LogP contribution in [-0.4, -0.2) is 33.9 Å². The van der Waals surface area contributed by atoms with Crippen LogP contribution in [0.4, 0.5) is 0 Å². The normalized spacial score (nSPS) is 20.0. The van der Waals surface area contributed by atoms with Gasteiger partial charge >= 0.3 is 0 Å². The number of halogens is 1. The Balaban J connectivity index is 1.72. The number of hydrogen-bond acceptors (Lipinski definition) is 4. The highest BCUT2D eigenvalue weighted by Crippen LogP contribution is 2.37. The Kier molecular flexibility index (Phi) is 5.01. The fourth-order valence-electron chi connectivity index (χ4n) is 3.37. The molecule has 0 spiro atoms. The number of aryl methyl sites for hydroxylation is 2. The van der Waals surface area contributed by atoms with Gasteiger partial charge in [0.05, 0.1) is 22.4 Å². The minimum atomic E-state index is -0.300. The summed E-state index contributed by atoms with van der Waals surface area (Å²) >= 11 is 6.05. The van der Waals surface area contributed by atoms with E-state index < -0.39 is 0 Å². The van der Waals surface area contributed by atoms with E-state index in [1.807, 2.05) is 25.6 Å². The first-order valence-corrected chi connectivity index (χ1v) is 8.64. The van der Waals surface area contributed by atoms with Crippen molar-refractivity contribution in [2.75, 3.05) is 13.2 Å². The van der Waals surface area contributed by atoms with Gasteiger partial charge in [-0.25, -0.2) is 0 Å². The van der Waals surface area contributed by atoms with Gasteiger partial charge < -0.3 is 15.2 Å². The monoisotopic (exact) mass is 363 g/mol. The van der Waals surface area contributed by atoms with Crippen LogP contribution >= 0.6 is 11.6 Å². The molecular formula is C18H22ClN3O3. The van der Waals surface area contributed by atoms with E-state index in [0.29, 0.717) is 18.2 Å². The molecule has 1 aromatic heterocycles. The fourth-order valence-corrected chi connectivity index (χ4v) is 3.57. The van der Waals surface area contributed by atoms with Crippen molar-refractivity contribution in [3.63, 3.8) is 0 Å². The van der Waals surface area contributed by atoms with Crippen molar-refractivity contribution in [3.8, 4) is 5.75 Å². The van der Waals surface area contributed by atoms with Gasteiger partial charge in [-0.2, -0.15) is 5.10 Å². The zero-order valence-corrected chi connectivity index (χ0v) is 15.3. The van der Waals surface area contributed by atoms with Crippen LogP contribution in [0.1, 0.15) is 39.8 Å². The topological polar surface area (TPSA) is 76.4 Å². The Labute approximate surface area is 151 Å². The third-order valence-corrected chi connectivity index (χ3v) is 5.11. The van der Waals surface area contributed by atoms with Crippen molar-refractivity contribution < 1.29 is 14.6 Å². The smallest absolute Gasteiger partial charge is 0.252 e. The van der Waals surface area contributed by atoms with Crippen LogP contribution in [0.15, 0.2) is 18.2 Å². The molecule has 2 atom stereocenters. The van der Waals surface area contributed by atoms with Gasteiger partial charge in [-0.15, -0.1) is 0 Å². The lowest BCUT2D eigenvalue weighted by atomic mass is 9.94. The van der Waals surface area contributed by atoms with Gasteiger partial charge in [-0.3, -0.25) is 9.48 Å². The van der Waals surface area contributed by atoms with Crippen molar-refractivity contribution in [2.45, 2.75) is 26.4 Å². The second-order valence-corrected chi connectivity index (χ2v) is 6.83. The zero-order chi connectivity index (χ0) is 18.1. The maximum absolute atomic E-state index is 12.4. The summed E-state index contributed by atoms with van der Waals surface area (Å²) in [4.78, 5) is 12.4. The molecule has 134 valence electrons. The summed E-state index contributed by atoms with van der Waals surface area (Å²) in [6, 6.07) is 4.33. The number of ether oxygens (including phenoxy) is 1. The average Bonchev–Trinajstić information content (AvgIpc) is 3.12. The number of rotatable bonds is 4. The number of nitrogens with zero attached hydrogens (tertiary/aromatic N) is 2. The van der Waals surface area contributed by atoms with Crippen LogP contribution in [-0.2, 0) is 11.8 Å². The predicted octanol–water partition coefficient (Wildman–Crippen LogP) is 2.90. The number of carbonyl (C=O) groups is 1. The van der Waals surface area contributed by atoms with Crippen LogP contribution in [0.2, 0.25) is 5.02 Å². The van der Waals surface area contributed by atoms with Crippen LogP contribution in [0.5, 0.6) is 5.75 Å². The molecule has 0 aliphatic carbocycles. The standard InChI is InChI=1S/C18H22ClN3O3/c1-10-16(11(2)22(3)21-10)17-12(6-7-25-17)9-20-18(24)14-8-13(23)4-5-15(14)19/h4-5,8,12,17,23H,6-7,9H2,1-3H3,(H,20,24)/t12-,17+/m0/s1. The van der Waals surface area contributed by atoms with E-state index in [-0.39, 0.29) is 29.2 Å². The van der Waals surface area contributed by atoms with E-state index >= 15 is 0 Å². The maximum Gasteiger partial charge on any atom is 0.252 e. The summed E-state index contributed by atoms with van der Waals surface area (Å²) in [7, 11) is 1.92. The van der Waals surface area contributed by atoms with Gasteiger partial charge in [-0.05, 0) is 38.5 Å². The number of amides is 1. The lowest BCUT2D eigenvalue weighted by Gasteiger charge is -2.20. The molecule has 1 aromatic carbocycles. The van der Waals surface area contributed by atoms with E-state index in [1.54, 1.807) is 0 Å². The quantitative estimate of drug-likeness (QED) is 0.875. The molecule has 1 aliphatic rings. The van der Waals surface area contributed by atoms with E-state index in [9.17, 15) is 9.90 Å². The summed E-state index contributed by atoms with van der Waals surface area (Å²) in [6.45, 7) is 5.14. The molecule has 25 heavy (non-hydrogen) atoms. The molecule has 1 saturated heterocycles. The number of benzene rings is 1. The molecule has 2 heterocycles. The predicted molar refractivity (Wildman–Crippen MR) is 94.9 cm³/mol. The number of phenolic OH excluding ortho intramolecular Hbond substituents is 1. The van der Waals surface area contributed by atoms with Crippen LogP contribution in [0.3, 0.4) is 0 Å². The van der Waals surface area contributed by atoms with E-state index in [1.165, 1.54) is 18.2 Å². The van der Waals surface area contributed by atoms with Crippen LogP contribution in [0.25, 0.3) is 0 Å². The fraction of sp³-hybridized carbons (Fsp3) is 0.444. The first-order valence-electron chi connectivity index (χ1n) is 8.27. The summed E-state index contributed by atoms with van der Waals surface area (Å²) in [5, 5.41) is 17.2. The Morgan fingerprint density at radius 2 is 2.24 bits per heavy atom. The van der Waals surface area contributed by atoms with Crippen molar-refractivity contribution in [1.82, 2.24) is 15.1 Å². The number of aromatic nitrogens is 2. The summed E-state index contributed by atoms with van der Waals surface area (Å²) in [5.74, 6) is -0.119. The van der Waals surface area contributed by atoms with Gasteiger partial charge in [0, 0.05) is 37.4 Å². The molecule has 0 unspecified atom stereocenters. The largest absolute Gasteiger partial charge is 0.508 e. The Morgan fingerprint density at radius 3 is 2.92 bits per heavy atom. The molecule has 0 radical (unpaired) electrons. The second-order valence-electron chi connectivity index (χ2n) is 6.42. The van der Waals surface area contributed by atoms with Crippen molar-refractivity contribution in [2.24, 2.45) is 13.0 Å². The highest BCUT2D eigenvalue weighted by Gasteiger charge is 2.33. The van der Waals surface area contributed by atoms with Crippen LogP contribution < -0.4 is 5.32 Å². The number of hydrogen-bond donors (Lipinski definition) is 2. The first kappa shape index (κ1) is 17.8. The van der Waals surface area contributed by atoms with Crippen molar-refractivity contribution >= 4 is 17.5 Å². The number of phenols is 1. The third-order valence-electron chi connectivity index (χ3n) is 4.78. The summed E-state index contributed by atoms with van der Waals surface area (Å²) < 4.78 is 7.79. The number of carbonyl (C=O) groups excluding carboxylic acids is 1. The Hall–Kier alpha value is -2.05. The van der Waals surface area contributed by atoms with E-state index in [4.69, 9.17) is 16.3 Å². The summed E-state index contributed by atoms with van der Waals surface area (Å²) in [5.41, 5.74) is 3.41. The lowest BCUT2D eigenvalue weighted by molar-refractivity contribution is 0.0840.